The van der Waals surface area contributed by atoms with Crippen LogP contribution in [0, 0.1) is 5.92 Å². The standard InChI is InChI=1S/C18H20N4O4S/c23-17(20-21-18(24)10-14-8-9-27(25,26)13-14)7-6-15-11-19-22(12-15)16-4-2-1-3-5-16/h1-7,11-12,14H,8-10,13H2,(H,20,23)(H,21,24)/b7-6+/t14-/m0/s1. The number of carbonyl (C=O) groups excluding carboxylic acids is 2. The highest BCUT2D eigenvalue weighted by Crippen LogP contribution is 2.21. The van der Waals surface area contributed by atoms with E-state index in [0.29, 0.717) is 6.42 Å². The summed E-state index contributed by atoms with van der Waals surface area (Å²) in [5.41, 5.74) is 6.22. The number of carbonyl (C=O) groups is 2. The van der Waals surface area contributed by atoms with Gasteiger partial charge in [-0.2, -0.15) is 5.10 Å². The van der Waals surface area contributed by atoms with Gasteiger partial charge in [-0.15, -0.1) is 0 Å². The molecule has 0 saturated carbocycles. The highest BCUT2D eigenvalue weighted by molar-refractivity contribution is 7.91. The molecule has 2 N–H and O–H groups in total. The summed E-state index contributed by atoms with van der Waals surface area (Å²) in [5, 5.41) is 4.22. The Morgan fingerprint density at radius 2 is 2.00 bits per heavy atom. The van der Waals surface area contributed by atoms with Gasteiger partial charge in [0, 0.05) is 24.3 Å². The molecule has 1 aromatic carbocycles. The molecule has 1 fully saturated rings. The Hall–Kier alpha value is -2.94. The minimum absolute atomic E-state index is 0.0275. The second-order valence-corrected chi connectivity index (χ2v) is 8.63. The number of aromatic nitrogens is 2. The van der Waals surface area contributed by atoms with Gasteiger partial charge < -0.3 is 0 Å². The van der Waals surface area contributed by atoms with Gasteiger partial charge in [0.2, 0.25) is 5.91 Å². The lowest BCUT2D eigenvalue weighted by Gasteiger charge is -2.08. The number of benzene rings is 1. The second kappa shape index (κ2) is 8.17. The Morgan fingerprint density at radius 1 is 1.22 bits per heavy atom. The largest absolute Gasteiger partial charge is 0.273 e. The van der Waals surface area contributed by atoms with E-state index in [-0.39, 0.29) is 23.8 Å². The SMILES string of the molecule is O=C(/C=C/c1cnn(-c2ccccc2)c1)NNC(=O)C[C@@H]1CCS(=O)(=O)C1. The third kappa shape index (κ3) is 5.52. The van der Waals surface area contributed by atoms with Crippen molar-refractivity contribution in [3.8, 4) is 5.69 Å². The first-order valence-electron chi connectivity index (χ1n) is 8.49. The van der Waals surface area contributed by atoms with Crippen molar-refractivity contribution in [1.82, 2.24) is 20.6 Å². The van der Waals surface area contributed by atoms with Gasteiger partial charge in [0.25, 0.3) is 5.91 Å². The second-order valence-electron chi connectivity index (χ2n) is 6.40. The van der Waals surface area contributed by atoms with Crippen molar-refractivity contribution in [3.63, 3.8) is 0 Å². The van der Waals surface area contributed by atoms with Gasteiger partial charge in [0.15, 0.2) is 9.84 Å². The first-order chi connectivity index (χ1) is 12.9. The van der Waals surface area contributed by atoms with Crippen LogP contribution in [-0.2, 0) is 19.4 Å². The van der Waals surface area contributed by atoms with E-state index >= 15 is 0 Å². The number of para-hydroxylation sites is 1. The fourth-order valence-electron chi connectivity index (χ4n) is 2.84. The van der Waals surface area contributed by atoms with Gasteiger partial charge in [-0.25, -0.2) is 13.1 Å². The molecule has 142 valence electrons. The van der Waals surface area contributed by atoms with Crippen LogP contribution in [-0.4, -0.2) is 41.5 Å². The summed E-state index contributed by atoms with van der Waals surface area (Å²) >= 11 is 0. The van der Waals surface area contributed by atoms with Gasteiger partial charge >= 0.3 is 0 Å². The van der Waals surface area contributed by atoms with Crippen LogP contribution in [0.1, 0.15) is 18.4 Å². The lowest BCUT2D eigenvalue weighted by Crippen LogP contribution is -2.41. The summed E-state index contributed by atoms with van der Waals surface area (Å²) in [5.74, 6) is -0.937. The van der Waals surface area contributed by atoms with Crippen LogP contribution in [0.4, 0.5) is 0 Å². The number of sulfone groups is 1. The predicted molar refractivity (Wildman–Crippen MR) is 100 cm³/mol. The minimum Gasteiger partial charge on any atom is -0.273 e. The Morgan fingerprint density at radius 3 is 2.70 bits per heavy atom. The van der Waals surface area contributed by atoms with Crippen molar-refractivity contribution in [1.29, 1.82) is 0 Å². The Balaban J connectivity index is 1.45. The normalized spacial score (nSPS) is 18.4. The molecule has 0 unspecified atom stereocenters. The Kier molecular flexibility index (Phi) is 5.70. The van der Waals surface area contributed by atoms with Crippen molar-refractivity contribution in [2.24, 2.45) is 5.92 Å². The molecule has 2 aromatic rings. The quantitative estimate of drug-likeness (QED) is 0.583. The molecule has 27 heavy (non-hydrogen) atoms. The predicted octanol–water partition coefficient (Wildman–Crippen LogP) is 0.858. The van der Waals surface area contributed by atoms with Crippen LogP contribution in [0.5, 0.6) is 0 Å². The van der Waals surface area contributed by atoms with Crippen LogP contribution in [0.25, 0.3) is 11.8 Å². The van der Waals surface area contributed by atoms with E-state index in [9.17, 15) is 18.0 Å². The van der Waals surface area contributed by atoms with Crippen LogP contribution in [0.2, 0.25) is 0 Å². The molecule has 2 heterocycles. The first kappa shape index (κ1) is 18.8. The van der Waals surface area contributed by atoms with E-state index in [0.717, 1.165) is 11.3 Å². The molecule has 3 rings (SSSR count). The number of hydrogen-bond acceptors (Lipinski definition) is 5. The average Bonchev–Trinajstić information content (AvgIpc) is 3.25. The van der Waals surface area contributed by atoms with E-state index in [4.69, 9.17) is 0 Å². The molecule has 0 spiro atoms. The maximum absolute atomic E-state index is 11.8. The third-order valence-electron chi connectivity index (χ3n) is 4.18. The van der Waals surface area contributed by atoms with Crippen molar-refractivity contribution >= 4 is 27.7 Å². The molecule has 1 aliphatic rings. The van der Waals surface area contributed by atoms with E-state index in [1.165, 1.54) is 6.08 Å². The number of nitrogens with one attached hydrogen (secondary N) is 2. The Labute approximate surface area is 157 Å². The summed E-state index contributed by atoms with van der Waals surface area (Å²) in [6.07, 6.45) is 6.82. The third-order valence-corrected chi connectivity index (χ3v) is 6.01. The Bertz CT molecular complexity index is 951. The van der Waals surface area contributed by atoms with E-state index in [1.807, 2.05) is 30.3 Å². The van der Waals surface area contributed by atoms with E-state index < -0.39 is 21.7 Å². The van der Waals surface area contributed by atoms with Gasteiger partial charge in [0.05, 0.1) is 23.4 Å². The molecule has 8 nitrogen and oxygen atoms in total. The summed E-state index contributed by atoms with van der Waals surface area (Å²) in [6.45, 7) is 0. The fourth-order valence-corrected chi connectivity index (χ4v) is 4.70. The molecular formula is C18H20N4O4S. The monoisotopic (exact) mass is 388 g/mol. The highest BCUT2D eigenvalue weighted by Gasteiger charge is 2.29. The summed E-state index contributed by atoms with van der Waals surface area (Å²) in [7, 11) is -3.02. The molecule has 2 amide bonds. The number of rotatable bonds is 5. The zero-order valence-corrected chi connectivity index (χ0v) is 15.4. The summed E-state index contributed by atoms with van der Waals surface area (Å²) < 4.78 is 24.5. The van der Waals surface area contributed by atoms with Gasteiger partial charge in [0.1, 0.15) is 0 Å². The van der Waals surface area contributed by atoms with Gasteiger partial charge in [-0.3, -0.25) is 20.4 Å². The van der Waals surface area contributed by atoms with Gasteiger partial charge in [-0.05, 0) is 30.5 Å². The van der Waals surface area contributed by atoms with Crippen LogP contribution < -0.4 is 10.9 Å². The zero-order valence-electron chi connectivity index (χ0n) is 14.5. The summed E-state index contributed by atoms with van der Waals surface area (Å²) in [4.78, 5) is 23.6. The van der Waals surface area contributed by atoms with Gasteiger partial charge in [-0.1, -0.05) is 18.2 Å². The highest BCUT2D eigenvalue weighted by atomic mass is 32.2. The van der Waals surface area contributed by atoms with Crippen LogP contribution in [0.3, 0.4) is 0 Å². The average molecular weight is 388 g/mol. The van der Waals surface area contributed by atoms with E-state index in [1.54, 1.807) is 23.2 Å². The maximum atomic E-state index is 11.8. The summed E-state index contributed by atoms with van der Waals surface area (Å²) in [6, 6.07) is 9.56. The lowest BCUT2D eigenvalue weighted by atomic mass is 10.1. The molecule has 1 saturated heterocycles. The van der Waals surface area contributed by atoms with Crippen molar-refractivity contribution in [3.05, 3.63) is 54.4 Å². The minimum atomic E-state index is -3.02. The van der Waals surface area contributed by atoms with Crippen molar-refractivity contribution < 1.29 is 18.0 Å². The molecule has 1 aliphatic heterocycles. The fraction of sp³-hybridized carbons (Fsp3) is 0.278. The molecular weight excluding hydrogens is 368 g/mol. The molecule has 1 aromatic heterocycles. The number of amides is 2. The first-order valence-corrected chi connectivity index (χ1v) is 10.3. The van der Waals surface area contributed by atoms with Crippen LogP contribution >= 0.6 is 0 Å². The molecule has 1 atom stereocenters. The molecule has 9 heteroatoms. The van der Waals surface area contributed by atoms with Crippen molar-refractivity contribution in [2.45, 2.75) is 12.8 Å². The van der Waals surface area contributed by atoms with Crippen LogP contribution in [0.15, 0.2) is 48.8 Å². The number of hydrogen-bond donors (Lipinski definition) is 2. The van der Waals surface area contributed by atoms with Crippen molar-refractivity contribution in [2.75, 3.05) is 11.5 Å². The molecule has 0 radical (unpaired) electrons. The van der Waals surface area contributed by atoms with E-state index in [2.05, 4.69) is 16.0 Å². The molecule has 0 bridgehead atoms. The topological polar surface area (TPSA) is 110 Å². The maximum Gasteiger partial charge on any atom is 0.262 e. The zero-order chi connectivity index (χ0) is 19.3. The lowest BCUT2D eigenvalue weighted by molar-refractivity contribution is -0.127. The molecule has 0 aliphatic carbocycles. The number of hydrazine groups is 1. The number of nitrogens with zero attached hydrogens (tertiary/aromatic N) is 2. The smallest absolute Gasteiger partial charge is 0.262 e.